The molecule has 0 aliphatic carbocycles. The number of H-pyrrole nitrogens is 1. The summed E-state index contributed by atoms with van der Waals surface area (Å²) in [4.78, 5) is 45.0. The molecule has 168 valence electrons. The summed E-state index contributed by atoms with van der Waals surface area (Å²) in [5, 5.41) is 10.6. The van der Waals surface area contributed by atoms with Gasteiger partial charge < -0.3 is 10.1 Å². The van der Waals surface area contributed by atoms with Crippen molar-refractivity contribution in [3.05, 3.63) is 101 Å². The molecule has 3 amide bonds. The van der Waals surface area contributed by atoms with Crippen molar-refractivity contribution in [3.8, 4) is 0 Å². The van der Waals surface area contributed by atoms with E-state index >= 15 is 0 Å². The lowest BCUT2D eigenvalue weighted by atomic mass is 9.89. The Morgan fingerprint density at radius 3 is 2.44 bits per heavy atom. The Morgan fingerprint density at radius 2 is 1.68 bits per heavy atom. The van der Waals surface area contributed by atoms with Crippen LogP contribution in [0.25, 0.3) is 10.9 Å². The van der Waals surface area contributed by atoms with E-state index in [1.165, 1.54) is 29.2 Å². The Hall–Kier alpha value is -4.46. The molecule has 6 rings (SSSR count). The first-order chi connectivity index (χ1) is 16.5. The number of para-hydroxylation sites is 2. The molecule has 0 radical (unpaired) electrons. The maximum Gasteiger partial charge on any atom is 0.337 e. The summed E-state index contributed by atoms with van der Waals surface area (Å²) in [7, 11) is 0. The highest BCUT2D eigenvalue weighted by molar-refractivity contribution is 6.23. The van der Waals surface area contributed by atoms with Gasteiger partial charge in [0.1, 0.15) is 17.9 Å². The van der Waals surface area contributed by atoms with Crippen LogP contribution in [-0.4, -0.2) is 38.9 Å². The van der Waals surface area contributed by atoms with Gasteiger partial charge in [-0.3, -0.25) is 9.69 Å². The smallest absolute Gasteiger partial charge is 0.337 e. The topological polar surface area (TPSA) is 93.7 Å². The Balaban J connectivity index is 1.55. The highest BCUT2D eigenvalue weighted by atomic mass is 19.1. The van der Waals surface area contributed by atoms with Gasteiger partial charge in [-0.1, -0.05) is 42.5 Å². The van der Waals surface area contributed by atoms with Crippen molar-refractivity contribution in [2.45, 2.75) is 18.5 Å². The summed E-state index contributed by atoms with van der Waals surface area (Å²) < 4.78 is 13.7. The first kappa shape index (κ1) is 20.2. The zero-order valence-electron chi connectivity index (χ0n) is 17.7. The van der Waals surface area contributed by atoms with Gasteiger partial charge in [0.15, 0.2) is 0 Å². The number of anilines is 1. The first-order valence-corrected chi connectivity index (χ1v) is 10.8. The van der Waals surface area contributed by atoms with Crippen LogP contribution < -0.4 is 4.90 Å². The van der Waals surface area contributed by atoms with Crippen LogP contribution >= 0.6 is 0 Å². The van der Waals surface area contributed by atoms with Crippen molar-refractivity contribution in [1.29, 1.82) is 0 Å². The van der Waals surface area contributed by atoms with Crippen LogP contribution in [0.1, 0.15) is 33.2 Å². The van der Waals surface area contributed by atoms with Gasteiger partial charge in [0.2, 0.25) is 0 Å². The van der Waals surface area contributed by atoms with Gasteiger partial charge in [-0.05, 0) is 41.5 Å². The van der Waals surface area contributed by atoms with Crippen molar-refractivity contribution in [2.24, 2.45) is 0 Å². The quantitative estimate of drug-likeness (QED) is 0.445. The number of aromatic amines is 1. The average molecular weight is 455 g/mol. The fourth-order valence-corrected chi connectivity index (χ4v) is 5.14. The molecule has 7 nitrogen and oxygen atoms in total. The Labute approximate surface area is 193 Å². The van der Waals surface area contributed by atoms with Crippen LogP contribution in [0.2, 0.25) is 0 Å². The van der Waals surface area contributed by atoms with Crippen molar-refractivity contribution < 1.29 is 23.9 Å². The highest BCUT2D eigenvalue weighted by Gasteiger charge is 2.53. The molecular weight excluding hydrogens is 437 g/mol. The summed E-state index contributed by atoms with van der Waals surface area (Å²) in [6.07, 6.45) is 0.285. The molecule has 2 N–H and O–H groups in total. The van der Waals surface area contributed by atoms with Crippen LogP contribution in [0, 0.1) is 5.82 Å². The molecule has 2 aliphatic heterocycles. The zero-order chi connectivity index (χ0) is 23.6. The number of nitrogens with zero attached hydrogens (tertiary/aromatic N) is 2. The number of hydrogen-bond acceptors (Lipinski definition) is 3. The Morgan fingerprint density at radius 1 is 0.971 bits per heavy atom. The molecule has 8 heteroatoms. The van der Waals surface area contributed by atoms with E-state index in [2.05, 4.69) is 4.98 Å². The zero-order valence-corrected chi connectivity index (χ0v) is 17.7. The number of hydrogen-bond donors (Lipinski definition) is 2. The SMILES string of the molecule is O=C(O)c1ccccc1N1C(=O)[C@@H]2Cc3c([nH]c4ccccc34)C(c3ccc(F)cc3)N2C1=O. The number of halogens is 1. The summed E-state index contributed by atoms with van der Waals surface area (Å²) in [5.74, 6) is -2.12. The summed E-state index contributed by atoms with van der Waals surface area (Å²) in [6.45, 7) is 0. The maximum absolute atomic E-state index is 13.8. The van der Waals surface area contributed by atoms with Gasteiger partial charge in [0.05, 0.1) is 11.3 Å². The lowest BCUT2D eigenvalue weighted by Crippen LogP contribution is -2.44. The lowest BCUT2D eigenvalue weighted by Gasteiger charge is -2.36. The predicted molar refractivity (Wildman–Crippen MR) is 122 cm³/mol. The number of urea groups is 1. The second-order valence-corrected chi connectivity index (χ2v) is 8.42. The monoisotopic (exact) mass is 455 g/mol. The molecule has 1 fully saturated rings. The lowest BCUT2D eigenvalue weighted by molar-refractivity contribution is -0.120. The van der Waals surface area contributed by atoms with Gasteiger partial charge in [-0.25, -0.2) is 18.9 Å². The van der Waals surface area contributed by atoms with Crippen LogP contribution in [0.5, 0.6) is 0 Å². The second kappa shape index (κ2) is 7.28. The minimum Gasteiger partial charge on any atom is -0.478 e. The molecule has 0 bridgehead atoms. The number of carboxylic acids is 1. The number of fused-ring (bicyclic) bond motifs is 4. The number of benzene rings is 3. The standard InChI is InChI=1S/C26H18FN3O4/c27-15-11-9-14(10-12-15)23-22-18(16-5-1-3-7-19(16)28-22)13-21-24(31)30(26(34)29(21)23)20-8-4-2-6-17(20)25(32)33/h1-12,21,23,28H,13H2,(H,32,33)/t21-,23?/m0/s1. The summed E-state index contributed by atoms with van der Waals surface area (Å²) >= 11 is 0. The van der Waals surface area contributed by atoms with Crippen LogP contribution in [0.4, 0.5) is 14.9 Å². The Bertz CT molecular complexity index is 1490. The first-order valence-electron chi connectivity index (χ1n) is 10.8. The third-order valence-electron chi connectivity index (χ3n) is 6.61. The molecule has 2 atom stereocenters. The number of rotatable bonds is 3. The van der Waals surface area contributed by atoms with Crippen LogP contribution in [0.3, 0.4) is 0 Å². The third kappa shape index (κ3) is 2.78. The number of carboxylic acid groups (broad SMARTS) is 1. The minimum absolute atomic E-state index is 0.0331. The molecule has 0 saturated carbocycles. The minimum atomic E-state index is -1.23. The van der Waals surface area contributed by atoms with Crippen LogP contribution in [0.15, 0.2) is 72.8 Å². The van der Waals surface area contributed by atoms with Gasteiger partial charge >= 0.3 is 12.0 Å². The van der Waals surface area contributed by atoms with E-state index < -0.39 is 35.8 Å². The van der Waals surface area contributed by atoms with Gasteiger partial charge in [-0.2, -0.15) is 0 Å². The van der Waals surface area contributed by atoms with E-state index in [4.69, 9.17) is 0 Å². The largest absolute Gasteiger partial charge is 0.478 e. The van der Waals surface area contributed by atoms with Crippen molar-refractivity contribution >= 4 is 34.5 Å². The van der Waals surface area contributed by atoms with E-state index in [9.17, 15) is 23.9 Å². The number of nitrogens with one attached hydrogen (secondary N) is 1. The predicted octanol–water partition coefficient (Wildman–Crippen LogP) is 4.49. The van der Waals surface area contributed by atoms with Crippen molar-refractivity contribution in [3.63, 3.8) is 0 Å². The number of aromatic carboxylic acids is 1. The molecule has 3 aromatic carbocycles. The normalized spacial score (nSPS) is 19.4. The van der Waals surface area contributed by atoms with E-state index in [0.29, 0.717) is 5.56 Å². The molecule has 34 heavy (non-hydrogen) atoms. The van der Waals surface area contributed by atoms with E-state index in [1.54, 1.807) is 24.3 Å². The van der Waals surface area contributed by atoms with Crippen molar-refractivity contribution in [2.75, 3.05) is 4.90 Å². The van der Waals surface area contributed by atoms with Gasteiger partial charge in [0.25, 0.3) is 5.91 Å². The fourth-order valence-electron chi connectivity index (χ4n) is 5.14. The van der Waals surface area contributed by atoms with Crippen LogP contribution in [-0.2, 0) is 11.2 Å². The number of imide groups is 1. The van der Waals surface area contributed by atoms with Gasteiger partial charge in [-0.15, -0.1) is 0 Å². The van der Waals surface area contributed by atoms with Gasteiger partial charge in [0, 0.05) is 23.0 Å². The number of aromatic nitrogens is 1. The Kier molecular flexibility index (Phi) is 4.32. The van der Waals surface area contributed by atoms with Crippen molar-refractivity contribution in [1.82, 2.24) is 9.88 Å². The summed E-state index contributed by atoms with van der Waals surface area (Å²) in [6, 6.07) is 17.4. The molecule has 4 aromatic rings. The fraction of sp³-hybridized carbons (Fsp3) is 0.115. The molecule has 1 aromatic heterocycles. The summed E-state index contributed by atoms with van der Waals surface area (Å²) in [5.41, 5.74) is 3.11. The van der Waals surface area contributed by atoms with E-state index in [1.807, 2.05) is 24.3 Å². The molecule has 1 saturated heterocycles. The number of carbonyl (C=O) groups is 3. The molecule has 0 spiro atoms. The maximum atomic E-state index is 13.8. The van der Waals surface area contributed by atoms with E-state index in [-0.39, 0.29) is 17.7 Å². The van der Waals surface area contributed by atoms with E-state index in [0.717, 1.165) is 27.1 Å². The highest BCUT2D eigenvalue weighted by Crippen LogP contribution is 2.45. The third-order valence-corrected chi connectivity index (χ3v) is 6.61. The second-order valence-electron chi connectivity index (χ2n) is 8.42. The average Bonchev–Trinajstić information content (AvgIpc) is 3.33. The molecular formula is C26H18FN3O4. The molecule has 3 heterocycles. The number of amides is 3. The molecule has 2 aliphatic rings. The molecule has 1 unspecified atom stereocenters. The number of carbonyl (C=O) groups excluding carboxylic acids is 2.